The van der Waals surface area contributed by atoms with E-state index in [2.05, 4.69) is 16.6 Å². The summed E-state index contributed by atoms with van der Waals surface area (Å²) in [5.74, 6) is 0. The summed E-state index contributed by atoms with van der Waals surface area (Å²) in [6.45, 7) is 4.21. The van der Waals surface area contributed by atoms with Gasteiger partial charge >= 0.3 is 0 Å². The lowest BCUT2D eigenvalue weighted by molar-refractivity contribution is 0.124. The molecule has 3 heterocycles. The van der Waals surface area contributed by atoms with Gasteiger partial charge in [0, 0.05) is 12.1 Å². The Balaban J connectivity index is 1.88. The Morgan fingerprint density at radius 1 is 1.35 bits per heavy atom. The predicted octanol–water partition coefficient (Wildman–Crippen LogP) is 0.639. The fraction of sp³-hybridized carbons (Fsp3) is 0.750. The van der Waals surface area contributed by atoms with Gasteiger partial charge in [0.1, 0.15) is 0 Å². The molecule has 94 valence electrons. The van der Waals surface area contributed by atoms with Crippen molar-refractivity contribution in [2.75, 3.05) is 20.1 Å². The lowest BCUT2D eigenvalue weighted by atomic mass is 10.1. The first kappa shape index (κ1) is 11.2. The van der Waals surface area contributed by atoms with E-state index in [1.54, 1.807) is 0 Å². The molecule has 0 unspecified atom stereocenters. The minimum absolute atomic E-state index is 0.519. The first-order valence-electron chi connectivity index (χ1n) is 6.35. The number of hydrogen-bond acceptors (Lipinski definition) is 4. The van der Waals surface area contributed by atoms with Gasteiger partial charge in [-0.25, -0.2) is 0 Å². The fourth-order valence-corrected chi connectivity index (χ4v) is 2.83. The Labute approximate surface area is 102 Å². The quantitative estimate of drug-likeness (QED) is 0.818. The second kappa shape index (κ2) is 4.40. The van der Waals surface area contributed by atoms with Crippen LogP contribution >= 0.6 is 0 Å². The smallest absolute Gasteiger partial charge is 0.0893 e. The zero-order valence-corrected chi connectivity index (χ0v) is 10.4. The molecule has 1 fully saturated rings. The van der Waals surface area contributed by atoms with E-state index in [9.17, 15) is 0 Å². The second-order valence-corrected chi connectivity index (χ2v) is 5.05. The Morgan fingerprint density at radius 3 is 2.82 bits per heavy atom. The first-order chi connectivity index (χ1) is 8.29. The molecule has 0 spiro atoms. The van der Waals surface area contributed by atoms with Gasteiger partial charge in [0.25, 0.3) is 0 Å². The Hall–Kier alpha value is -0.910. The van der Waals surface area contributed by atoms with Gasteiger partial charge in [0.2, 0.25) is 0 Å². The number of fused-ring (bicyclic) bond motifs is 1. The highest BCUT2D eigenvalue weighted by atomic mass is 16.5. The SMILES string of the molecule is CN1CCC(n2nc(CN)c3c2COC3)CC1. The van der Waals surface area contributed by atoms with E-state index in [0.717, 1.165) is 18.8 Å². The highest BCUT2D eigenvalue weighted by Crippen LogP contribution is 2.29. The summed E-state index contributed by atoms with van der Waals surface area (Å²) in [6, 6.07) is 0.530. The maximum atomic E-state index is 5.75. The van der Waals surface area contributed by atoms with Crippen LogP contribution in [-0.2, 0) is 24.5 Å². The Morgan fingerprint density at radius 2 is 2.12 bits per heavy atom. The summed E-state index contributed by atoms with van der Waals surface area (Å²) < 4.78 is 7.72. The van der Waals surface area contributed by atoms with Crippen LogP contribution in [-0.4, -0.2) is 34.8 Å². The van der Waals surface area contributed by atoms with Crippen molar-refractivity contribution in [1.82, 2.24) is 14.7 Å². The number of hydrogen-bond donors (Lipinski definition) is 1. The van der Waals surface area contributed by atoms with Crippen LogP contribution in [0.1, 0.15) is 35.8 Å². The van der Waals surface area contributed by atoms with Gasteiger partial charge in [-0.15, -0.1) is 0 Å². The van der Waals surface area contributed by atoms with Crippen molar-refractivity contribution in [2.24, 2.45) is 5.73 Å². The fourth-order valence-electron chi connectivity index (χ4n) is 2.83. The van der Waals surface area contributed by atoms with Crippen LogP contribution < -0.4 is 5.73 Å². The van der Waals surface area contributed by atoms with E-state index in [0.29, 0.717) is 25.8 Å². The Kier molecular flexibility index (Phi) is 2.90. The monoisotopic (exact) mass is 236 g/mol. The molecule has 17 heavy (non-hydrogen) atoms. The molecule has 2 aliphatic heterocycles. The van der Waals surface area contributed by atoms with Gasteiger partial charge in [0.05, 0.1) is 30.6 Å². The maximum absolute atomic E-state index is 5.75. The van der Waals surface area contributed by atoms with Crippen molar-refractivity contribution < 1.29 is 4.74 Å². The summed E-state index contributed by atoms with van der Waals surface area (Å²) in [4.78, 5) is 2.38. The number of nitrogens with zero attached hydrogens (tertiary/aromatic N) is 3. The van der Waals surface area contributed by atoms with Crippen molar-refractivity contribution in [3.8, 4) is 0 Å². The molecule has 2 N–H and O–H groups in total. The van der Waals surface area contributed by atoms with Crippen LogP contribution in [0.3, 0.4) is 0 Å². The molecule has 0 atom stereocenters. The molecule has 0 amide bonds. The lowest BCUT2D eigenvalue weighted by Crippen LogP contribution is -2.32. The molecule has 1 saturated heterocycles. The van der Waals surface area contributed by atoms with Crippen LogP contribution in [0.15, 0.2) is 0 Å². The van der Waals surface area contributed by atoms with Crippen molar-refractivity contribution in [2.45, 2.75) is 38.6 Å². The molecular weight excluding hydrogens is 216 g/mol. The number of piperidine rings is 1. The Bertz CT molecular complexity index is 407. The van der Waals surface area contributed by atoms with E-state index in [1.165, 1.54) is 24.1 Å². The van der Waals surface area contributed by atoms with Crippen LogP contribution in [0.4, 0.5) is 0 Å². The van der Waals surface area contributed by atoms with Gasteiger partial charge < -0.3 is 15.4 Å². The highest BCUT2D eigenvalue weighted by Gasteiger charge is 2.27. The van der Waals surface area contributed by atoms with E-state index in [-0.39, 0.29) is 0 Å². The molecule has 5 nitrogen and oxygen atoms in total. The molecule has 5 heteroatoms. The zero-order chi connectivity index (χ0) is 11.8. The first-order valence-corrected chi connectivity index (χ1v) is 6.35. The number of nitrogens with two attached hydrogens (primary N) is 1. The van der Waals surface area contributed by atoms with Crippen molar-refractivity contribution in [3.05, 3.63) is 17.0 Å². The zero-order valence-electron chi connectivity index (χ0n) is 10.4. The topological polar surface area (TPSA) is 56.3 Å². The molecule has 1 aromatic heterocycles. The molecule has 0 aromatic carbocycles. The molecule has 0 radical (unpaired) electrons. The van der Waals surface area contributed by atoms with Gasteiger partial charge in [-0.05, 0) is 33.0 Å². The summed E-state index contributed by atoms with van der Waals surface area (Å²) in [7, 11) is 2.18. The number of rotatable bonds is 2. The average Bonchev–Trinajstić information content (AvgIpc) is 2.91. The van der Waals surface area contributed by atoms with E-state index in [1.807, 2.05) is 0 Å². The molecular formula is C12H20N4O. The third-order valence-corrected chi connectivity index (χ3v) is 3.91. The average molecular weight is 236 g/mol. The highest BCUT2D eigenvalue weighted by molar-refractivity contribution is 5.28. The maximum Gasteiger partial charge on any atom is 0.0893 e. The minimum atomic E-state index is 0.519. The lowest BCUT2D eigenvalue weighted by Gasteiger charge is -2.29. The normalized spacial score (nSPS) is 22.0. The standard InChI is InChI=1S/C12H20N4O/c1-15-4-2-9(3-5-15)16-12-8-17-7-10(12)11(6-13)14-16/h9H,2-8,13H2,1H3. The number of aromatic nitrogens is 2. The predicted molar refractivity (Wildman–Crippen MR) is 64.4 cm³/mol. The van der Waals surface area contributed by atoms with E-state index in [4.69, 9.17) is 15.6 Å². The van der Waals surface area contributed by atoms with E-state index >= 15 is 0 Å². The van der Waals surface area contributed by atoms with Crippen LogP contribution in [0, 0.1) is 0 Å². The summed E-state index contributed by atoms with van der Waals surface area (Å²) in [6.07, 6.45) is 2.35. The number of likely N-dealkylation sites (tertiary alicyclic amines) is 1. The third kappa shape index (κ3) is 1.88. The second-order valence-electron chi connectivity index (χ2n) is 5.05. The van der Waals surface area contributed by atoms with Gasteiger partial charge in [0.15, 0.2) is 0 Å². The van der Waals surface area contributed by atoms with E-state index < -0.39 is 0 Å². The molecule has 2 aliphatic rings. The molecule has 1 aromatic rings. The van der Waals surface area contributed by atoms with Gasteiger partial charge in [-0.2, -0.15) is 5.10 Å². The number of ether oxygens (including phenoxy) is 1. The van der Waals surface area contributed by atoms with Gasteiger partial charge in [-0.1, -0.05) is 0 Å². The molecule has 0 bridgehead atoms. The largest absolute Gasteiger partial charge is 0.370 e. The minimum Gasteiger partial charge on any atom is -0.370 e. The van der Waals surface area contributed by atoms with Crippen LogP contribution in [0.2, 0.25) is 0 Å². The van der Waals surface area contributed by atoms with Crippen LogP contribution in [0.25, 0.3) is 0 Å². The molecule has 0 saturated carbocycles. The molecule has 3 rings (SSSR count). The van der Waals surface area contributed by atoms with Crippen molar-refractivity contribution in [3.63, 3.8) is 0 Å². The van der Waals surface area contributed by atoms with Gasteiger partial charge in [-0.3, -0.25) is 4.68 Å². The third-order valence-electron chi connectivity index (χ3n) is 3.91. The summed E-state index contributed by atoms with van der Waals surface area (Å²) in [5, 5.41) is 4.69. The van der Waals surface area contributed by atoms with Crippen molar-refractivity contribution >= 4 is 0 Å². The van der Waals surface area contributed by atoms with Crippen molar-refractivity contribution in [1.29, 1.82) is 0 Å². The molecule has 0 aliphatic carbocycles. The van der Waals surface area contributed by atoms with Crippen LogP contribution in [0.5, 0.6) is 0 Å². The summed E-state index contributed by atoms with van der Waals surface area (Å²) >= 11 is 0. The summed E-state index contributed by atoms with van der Waals surface area (Å²) in [5.41, 5.74) is 9.28.